The average Bonchev–Trinajstić information content (AvgIpc) is 2.05. The van der Waals surface area contributed by atoms with Gasteiger partial charge in [-0.05, 0) is 0 Å². The fourth-order valence-corrected chi connectivity index (χ4v) is 1.44. The number of hydrogen-bond acceptors (Lipinski definition) is 1. The van der Waals surface area contributed by atoms with Gasteiger partial charge in [-0.3, -0.25) is 0 Å². The van der Waals surface area contributed by atoms with Crippen LogP contribution in [-0.2, 0) is 0 Å². The number of rotatable bonds is 2. The first-order valence-corrected chi connectivity index (χ1v) is 5.24. The molecule has 0 atom stereocenters. The number of hydrogen-bond donors (Lipinski definition) is 0. The van der Waals surface area contributed by atoms with Gasteiger partial charge in [-0.2, -0.15) is 0 Å². The van der Waals surface area contributed by atoms with Crippen LogP contribution < -0.4 is 4.74 Å². The van der Waals surface area contributed by atoms with Crippen LogP contribution in [-0.4, -0.2) is 47.4 Å². The molecule has 1 aromatic rings. The van der Waals surface area contributed by atoms with Gasteiger partial charge in [-0.1, -0.05) is 0 Å². The molecule has 0 aromatic heterocycles. The van der Waals surface area contributed by atoms with Crippen LogP contribution in [0.4, 0.5) is 0 Å². The summed E-state index contributed by atoms with van der Waals surface area (Å²) in [6, 6.07) is 8.01. The van der Waals surface area contributed by atoms with Crippen LogP contribution in [0.15, 0.2) is 24.3 Å². The first-order chi connectivity index (χ1) is 5.24. The van der Waals surface area contributed by atoms with Crippen molar-refractivity contribution in [3.63, 3.8) is 0 Å². The van der Waals surface area contributed by atoms with E-state index in [1.807, 2.05) is 24.3 Å². The van der Waals surface area contributed by atoms with Crippen LogP contribution in [0, 0.1) is 0 Å². The fraction of sp³-hybridized carbons (Fsp3) is 0.125. The van der Waals surface area contributed by atoms with Crippen molar-refractivity contribution in [3.8, 4) is 5.75 Å². The van der Waals surface area contributed by atoms with E-state index in [1.165, 1.54) is 8.03 Å². The molecule has 0 heterocycles. The van der Waals surface area contributed by atoms with E-state index in [1.54, 1.807) is 29.4 Å². The Bertz CT molecular complexity index is 255. The molecular formula is C8H8OSeTe. The Labute approximate surface area is 87.4 Å². The van der Waals surface area contributed by atoms with E-state index in [4.69, 9.17) is 4.74 Å². The Morgan fingerprint density at radius 3 is 2.27 bits per heavy atom. The quantitative estimate of drug-likeness (QED) is 0.708. The normalized spacial score (nSPS) is 9.27. The summed E-state index contributed by atoms with van der Waals surface area (Å²) in [5.41, 5.74) is 1.24. The van der Waals surface area contributed by atoms with Gasteiger partial charge in [0.25, 0.3) is 0 Å². The van der Waals surface area contributed by atoms with Gasteiger partial charge in [0, 0.05) is 0 Å². The van der Waals surface area contributed by atoms with Crippen LogP contribution in [0.5, 0.6) is 5.75 Å². The average molecular weight is 327 g/mol. The van der Waals surface area contributed by atoms with E-state index in [-0.39, 0.29) is 0 Å². The third-order valence-corrected chi connectivity index (χ3v) is 2.57. The molecule has 0 spiro atoms. The molecule has 1 rings (SSSR count). The molecule has 0 amide bonds. The second-order valence-corrected chi connectivity index (χ2v) is 6.19. The molecule has 58 valence electrons. The first kappa shape index (κ1) is 9.29. The molecule has 0 aliphatic heterocycles. The Kier molecular flexibility index (Phi) is 3.61. The SMILES string of the molecule is COc1ccc(C(=[Se])[TeH])cc1. The van der Waals surface area contributed by atoms with Crippen molar-refractivity contribution >= 4 is 40.3 Å². The Hall–Kier alpha value is 0.199. The molecule has 1 aromatic carbocycles. The molecule has 0 unspecified atom stereocenters. The van der Waals surface area contributed by atoms with Gasteiger partial charge in [0.2, 0.25) is 0 Å². The Morgan fingerprint density at radius 1 is 1.36 bits per heavy atom. The number of methoxy groups -OCH3 is 1. The van der Waals surface area contributed by atoms with Gasteiger partial charge in [-0.15, -0.1) is 0 Å². The van der Waals surface area contributed by atoms with Crippen molar-refractivity contribution in [2.75, 3.05) is 7.11 Å². The van der Waals surface area contributed by atoms with E-state index in [0.717, 1.165) is 5.75 Å². The van der Waals surface area contributed by atoms with Crippen LogP contribution in [0.3, 0.4) is 0 Å². The molecule has 0 bridgehead atoms. The maximum atomic E-state index is 5.03. The zero-order chi connectivity index (χ0) is 8.27. The minimum atomic E-state index is 0.904. The molecule has 0 saturated carbocycles. The Balaban J connectivity index is 2.91. The summed E-state index contributed by atoms with van der Waals surface area (Å²) in [6.07, 6.45) is 0. The van der Waals surface area contributed by atoms with Gasteiger partial charge in [0.1, 0.15) is 0 Å². The van der Waals surface area contributed by atoms with Crippen molar-refractivity contribution in [1.82, 2.24) is 0 Å². The molecule has 0 saturated heterocycles. The van der Waals surface area contributed by atoms with Crippen LogP contribution >= 0.6 is 0 Å². The van der Waals surface area contributed by atoms with Gasteiger partial charge in [0.15, 0.2) is 0 Å². The van der Waals surface area contributed by atoms with Gasteiger partial charge in [0.05, 0.1) is 0 Å². The van der Waals surface area contributed by atoms with Crippen molar-refractivity contribution in [3.05, 3.63) is 29.8 Å². The summed E-state index contributed by atoms with van der Waals surface area (Å²) in [6.45, 7) is 0. The van der Waals surface area contributed by atoms with Crippen molar-refractivity contribution in [2.45, 2.75) is 0 Å². The maximum absolute atomic E-state index is 5.03. The van der Waals surface area contributed by atoms with Crippen molar-refractivity contribution < 1.29 is 4.74 Å². The van der Waals surface area contributed by atoms with Gasteiger partial charge >= 0.3 is 87.8 Å². The zero-order valence-corrected chi connectivity index (χ0v) is 10.3. The second-order valence-electron chi connectivity index (χ2n) is 2.03. The third-order valence-electron chi connectivity index (χ3n) is 1.34. The topological polar surface area (TPSA) is 9.23 Å². The predicted octanol–water partition coefficient (Wildman–Crippen LogP) is 0.242. The van der Waals surface area contributed by atoms with Gasteiger partial charge < -0.3 is 0 Å². The zero-order valence-electron chi connectivity index (χ0n) is 6.07. The van der Waals surface area contributed by atoms with Crippen LogP contribution in [0.1, 0.15) is 5.56 Å². The molecule has 0 N–H and O–H groups in total. The van der Waals surface area contributed by atoms with E-state index < -0.39 is 0 Å². The summed E-state index contributed by atoms with van der Waals surface area (Å²) in [5, 5.41) is 0. The summed E-state index contributed by atoms with van der Waals surface area (Å²) in [7, 11) is 1.67. The molecule has 0 fully saturated rings. The van der Waals surface area contributed by atoms with Crippen LogP contribution in [0.25, 0.3) is 0 Å². The standard InChI is InChI=1S/C8H8OSeTe/c1-9-7-4-2-6(3-5-7)8(10)11/h2-5H,1H3,(H,10,11). The van der Waals surface area contributed by atoms with Crippen molar-refractivity contribution in [2.24, 2.45) is 0 Å². The molecule has 0 aliphatic rings. The van der Waals surface area contributed by atoms with Gasteiger partial charge in [-0.25, -0.2) is 0 Å². The van der Waals surface area contributed by atoms with Crippen molar-refractivity contribution in [1.29, 1.82) is 0 Å². The molecular weight excluding hydrogens is 319 g/mol. The first-order valence-electron chi connectivity index (χ1n) is 3.11. The van der Waals surface area contributed by atoms with E-state index >= 15 is 0 Å². The Morgan fingerprint density at radius 2 is 1.91 bits per heavy atom. The molecule has 3 heteroatoms. The number of benzene rings is 1. The molecule has 1 nitrogen and oxygen atoms in total. The summed E-state index contributed by atoms with van der Waals surface area (Å²) in [5.74, 6) is 0.904. The van der Waals surface area contributed by atoms with E-state index in [9.17, 15) is 0 Å². The molecule has 0 radical (unpaired) electrons. The third kappa shape index (κ3) is 2.61. The van der Waals surface area contributed by atoms with Crippen LogP contribution in [0.2, 0.25) is 0 Å². The monoisotopic (exact) mass is 330 g/mol. The minimum absolute atomic E-state index is 0.904. The fourth-order valence-electron chi connectivity index (χ4n) is 0.734. The molecule has 11 heavy (non-hydrogen) atoms. The summed E-state index contributed by atoms with van der Waals surface area (Å²) < 4.78 is 6.29. The predicted molar refractivity (Wildman–Crippen MR) is 50.0 cm³/mol. The summed E-state index contributed by atoms with van der Waals surface area (Å²) in [4.78, 5) is 0. The van der Waals surface area contributed by atoms with E-state index in [2.05, 4.69) is 15.6 Å². The molecule has 0 aliphatic carbocycles. The summed E-state index contributed by atoms with van der Waals surface area (Å²) >= 11 is 4.69. The van der Waals surface area contributed by atoms with E-state index in [0.29, 0.717) is 0 Å². The number of ether oxygens (including phenoxy) is 1. The second kappa shape index (κ2) is 4.28.